The Labute approximate surface area is 97.5 Å². The van der Waals surface area contributed by atoms with Crippen molar-refractivity contribution in [2.24, 2.45) is 11.8 Å². The quantitative estimate of drug-likeness (QED) is 0.536. The van der Waals surface area contributed by atoms with Crippen molar-refractivity contribution >= 4 is 5.97 Å². The van der Waals surface area contributed by atoms with Crippen molar-refractivity contribution in [1.82, 2.24) is 0 Å². The lowest BCUT2D eigenvalue weighted by molar-refractivity contribution is -0.146. The summed E-state index contributed by atoms with van der Waals surface area (Å²) in [6.45, 7) is 6.38. The third-order valence-corrected chi connectivity index (χ3v) is 4.49. The molecule has 0 aromatic carbocycles. The minimum atomic E-state index is -0.671. The van der Waals surface area contributed by atoms with Crippen LogP contribution in [0.15, 0.2) is 0 Å². The molecule has 1 saturated carbocycles. The number of methoxy groups -OCH3 is 1. The number of hydrogen-bond acceptors (Lipinski definition) is 3. The molecule has 2 fully saturated rings. The average Bonchev–Trinajstić information content (AvgIpc) is 2.83. The van der Waals surface area contributed by atoms with Crippen LogP contribution in [0.4, 0.5) is 0 Å². The molecule has 2 rings (SSSR count). The molecule has 1 saturated heterocycles. The molecule has 3 unspecified atom stereocenters. The Morgan fingerprint density at radius 3 is 2.75 bits per heavy atom. The Bertz CT molecular complexity index is 300. The van der Waals surface area contributed by atoms with Crippen molar-refractivity contribution < 1.29 is 14.3 Å². The Morgan fingerprint density at radius 2 is 2.19 bits per heavy atom. The normalized spacial score (nSPS) is 42.4. The van der Waals surface area contributed by atoms with Crippen LogP contribution < -0.4 is 0 Å². The maximum atomic E-state index is 11.7. The third kappa shape index (κ3) is 1.56. The second-order valence-electron chi connectivity index (χ2n) is 5.72. The van der Waals surface area contributed by atoms with Gasteiger partial charge in [0.2, 0.25) is 0 Å². The predicted octanol–water partition coefficient (Wildman–Crippen LogP) is 2.53. The molecule has 0 bridgehead atoms. The highest BCUT2D eigenvalue weighted by Gasteiger charge is 2.72. The van der Waals surface area contributed by atoms with Crippen molar-refractivity contribution in [3.05, 3.63) is 0 Å². The monoisotopic (exact) mass is 226 g/mol. The molecule has 1 aliphatic carbocycles. The summed E-state index contributed by atoms with van der Waals surface area (Å²) in [7, 11) is 1.44. The molecule has 0 N–H and O–H groups in total. The average molecular weight is 226 g/mol. The van der Waals surface area contributed by atoms with Gasteiger partial charge in [-0.2, -0.15) is 0 Å². The van der Waals surface area contributed by atoms with Crippen molar-refractivity contribution in [3.8, 4) is 0 Å². The van der Waals surface area contributed by atoms with E-state index in [4.69, 9.17) is 9.47 Å². The Balaban J connectivity index is 2.09. The fourth-order valence-corrected chi connectivity index (χ4v) is 3.16. The van der Waals surface area contributed by atoms with Crippen molar-refractivity contribution in [2.45, 2.75) is 57.7 Å². The highest BCUT2D eigenvalue weighted by atomic mass is 16.7. The van der Waals surface area contributed by atoms with Gasteiger partial charge in [0.15, 0.2) is 5.60 Å². The number of epoxide rings is 1. The van der Waals surface area contributed by atoms with E-state index < -0.39 is 5.60 Å². The van der Waals surface area contributed by atoms with Gasteiger partial charge in [-0.1, -0.05) is 20.3 Å². The van der Waals surface area contributed by atoms with Gasteiger partial charge in [-0.25, -0.2) is 4.79 Å². The fraction of sp³-hybridized carbons (Fsp3) is 0.923. The predicted molar refractivity (Wildman–Crippen MR) is 61.0 cm³/mol. The number of hydrogen-bond donors (Lipinski definition) is 0. The van der Waals surface area contributed by atoms with Gasteiger partial charge in [0.05, 0.1) is 7.11 Å². The first kappa shape index (κ1) is 11.9. The van der Waals surface area contributed by atoms with Crippen LogP contribution in [0.3, 0.4) is 0 Å². The van der Waals surface area contributed by atoms with Gasteiger partial charge in [-0.05, 0) is 38.0 Å². The van der Waals surface area contributed by atoms with E-state index in [2.05, 4.69) is 13.8 Å². The Kier molecular flexibility index (Phi) is 2.77. The topological polar surface area (TPSA) is 38.8 Å². The van der Waals surface area contributed by atoms with Gasteiger partial charge in [-0.15, -0.1) is 0 Å². The lowest BCUT2D eigenvalue weighted by Crippen LogP contribution is -2.37. The van der Waals surface area contributed by atoms with Crippen LogP contribution in [-0.4, -0.2) is 24.3 Å². The number of carbonyl (C=O) groups is 1. The maximum Gasteiger partial charge on any atom is 0.340 e. The van der Waals surface area contributed by atoms with Crippen LogP contribution in [0.1, 0.15) is 46.5 Å². The molecule has 3 atom stereocenters. The first-order valence-electron chi connectivity index (χ1n) is 6.24. The van der Waals surface area contributed by atoms with Crippen LogP contribution in [0.25, 0.3) is 0 Å². The molecule has 1 heterocycles. The summed E-state index contributed by atoms with van der Waals surface area (Å²) in [5.41, 5.74) is -0.886. The smallest absolute Gasteiger partial charge is 0.340 e. The number of rotatable bonds is 2. The van der Waals surface area contributed by atoms with Crippen LogP contribution in [0.2, 0.25) is 0 Å². The summed E-state index contributed by atoms with van der Waals surface area (Å²) in [5, 5.41) is 0. The standard InChI is InChI=1S/C13H22O3/c1-9(2)10-6-5-7-13(8-10)12(3,16-13)11(14)15-4/h9-10H,5-8H2,1-4H3. The van der Waals surface area contributed by atoms with E-state index in [0.29, 0.717) is 11.8 Å². The fourth-order valence-electron chi connectivity index (χ4n) is 3.16. The van der Waals surface area contributed by atoms with Gasteiger partial charge in [0.25, 0.3) is 0 Å². The van der Waals surface area contributed by atoms with Gasteiger partial charge >= 0.3 is 5.97 Å². The van der Waals surface area contributed by atoms with Crippen molar-refractivity contribution in [2.75, 3.05) is 7.11 Å². The first-order chi connectivity index (χ1) is 7.45. The summed E-state index contributed by atoms with van der Waals surface area (Å²) in [4.78, 5) is 11.7. The molecule has 1 spiro atoms. The number of esters is 1. The van der Waals surface area contributed by atoms with Gasteiger partial charge in [0.1, 0.15) is 5.60 Å². The molecular formula is C13H22O3. The van der Waals surface area contributed by atoms with Crippen LogP contribution in [0, 0.1) is 11.8 Å². The summed E-state index contributed by atoms with van der Waals surface area (Å²) in [6, 6.07) is 0. The summed E-state index contributed by atoms with van der Waals surface area (Å²) >= 11 is 0. The molecule has 0 aromatic heterocycles. The van der Waals surface area contributed by atoms with E-state index in [1.165, 1.54) is 13.5 Å². The molecule has 3 nitrogen and oxygen atoms in total. The molecule has 92 valence electrons. The Morgan fingerprint density at radius 1 is 1.50 bits per heavy atom. The highest BCUT2D eigenvalue weighted by Crippen LogP contribution is 2.58. The van der Waals surface area contributed by atoms with Crippen molar-refractivity contribution in [1.29, 1.82) is 0 Å². The van der Waals surface area contributed by atoms with Crippen LogP contribution in [0.5, 0.6) is 0 Å². The molecule has 16 heavy (non-hydrogen) atoms. The first-order valence-corrected chi connectivity index (χ1v) is 6.24. The minimum absolute atomic E-state index is 0.211. The van der Waals surface area contributed by atoms with E-state index in [9.17, 15) is 4.79 Å². The largest absolute Gasteiger partial charge is 0.467 e. The maximum absolute atomic E-state index is 11.7. The Hall–Kier alpha value is -0.570. The molecule has 2 aliphatic rings. The zero-order valence-electron chi connectivity index (χ0n) is 10.7. The van der Waals surface area contributed by atoms with Gasteiger partial charge in [-0.3, -0.25) is 0 Å². The third-order valence-electron chi connectivity index (χ3n) is 4.49. The summed E-state index contributed by atoms with van der Waals surface area (Å²) in [6.07, 6.45) is 4.44. The highest BCUT2D eigenvalue weighted by molar-refractivity contribution is 5.84. The summed E-state index contributed by atoms with van der Waals surface area (Å²) in [5.74, 6) is 1.14. The van der Waals surface area contributed by atoms with E-state index >= 15 is 0 Å². The van der Waals surface area contributed by atoms with E-state index in [-0.39, 0.29) is 11.6 Å². The van der Waals surface area contributed by atoms with Crippen LogP contribution in [-0.2, 0) is 14.3 Å². The molecule has 3 heteroatoms. The van der Waals surface area contributed by atoms with E-state index in [1.807, 2.05) is 6.92 Å². The molecular weight excluding hydrogens is 204 g/mol. The SMILES string of the molecule is COC(=O)C1(C)OC12CCCC(C(C)C)C2. The minimum Gasteiger partial charge on any atom is -0.467 e. The zero-order valence-corrected chi connectivity index (χ0v) is 10.7. The second-order valence-corrected chi connectivity index (χ2v) is 5.72. The number of carbonyl (C=O) groups excluding carboxylic acids is 1. The molecule has 0 aromatic rings. The van der Waals surface area contributed by atoms with Gasteiger partial charge < -0.3 is 9.47 Å². The molecule has 0 amide bonds. The van der Waals surface area contributed by atoms with Gasteiger partial charge in [0, 0.05) is 0 Å². The summed E-state index contributed by atoms with van der Waals surface area (Å²) < 4.78 is 10.6. The zero-order chi connectivity index (χ0) is 12.0. The lowest BCUT2D eigenvalue weighted by atomic mass is 9.72. The molecule has 1 aliphatic heterocycles. The van der Waals surface area contributed by atoms with Crippen molar-refractivity contribution in [3.63, 3.8) is 0 Å². The van der Waals surface area contributed by atoms with E-state index in [0.717, 1.165) is 19.3 Å². The van der Waals surface area contributed by atoms with E-state index in [1.54, 1.807) is 0 Å². The lowest BCUT2D eigenvalue weighted by Gasteiger charge is -2.31. The van der Waals surface area contributed by atoms with Crippen LogP contribution >= 0.6 is 0 Å². The second kappa shape index (κ2) is 3.73. The molecule has 0 radical (unpaired) electrons. The number of ether oxygens (including phenoxy) is 2.